The van der Waals surface area contributed by atoms with Gasteiger partial charge in [0.05, 0.1) is 0 Å². The number of carboxylic acid groups (broad SMARTS) is 1. The molecule has 0 bridgehead atoms. The summed E-state index contributed by atoms with van der Waals surface area (Å²) in [4.78, 5) is 13.7. The van der Waals surface area contributed by atoms with E-state index >= 15 is 0 Å². The molecule has 1 N–H and O–H groups in total. The molecular weight excluding hydrogens is 310 g/mol. The molecule has 1 rings (SSSR count). The van der Waals surface area contributed by atoms with Crippen molar-refractivity contribution in [3.8, 4) is 0 Å². The molecule has 0 amide bonds. The van der Waals surface area contributed by atoms with E-state index in [0.717, 1.165) is 0 Å². The minimum Gasteiger partial charge on any atom is -0.477 e. The van der Waals surface area contributed by atoms with Crippen molar-refractivity contribution in [2.75, 3.05) is 0 Å². The summed E-state index contributed by atoms with van der Waals surface area (Å²) in [6.07, 6.45) is 1.45. The molecule has 4 heteroatoms. The van der Waals surface area contributed by atoms with E-state index in [1.165, 1.54) is 12.3 Å². The van der Waals surface area contributed by atoms with Crippen LogP contribution < -0.4 is 0 Å². The maximum Gasteiger partial charge on any atom is 3.00 e. The first-order chi connectivity index (χ1) is 4.30. The van der Waals surface area contributed by atoms with Crippen molar-refractivity contribution >= 4 is 5.97 Å². The van der Waals surface area contributed by atoms with Crippen LogP contribution in [0.25, 0.3) is 0 Å². The first-order valence-corrected chi connectivity index (χ1v) is 2.45. The molecule has 0 aliphatic carbocycles. The zero-order valence-electron chi connectivity index (χ0n) is 4.95. The molecule has 0 atom stereocenters. The smallest absolute Gasteiger partial charge is 0.477 e. The Kier molecular flexibility index (Phi) is 3.84. The molecule has 1 aromatic heterocycles. The van der Waals surface area contributed by atoms with E-state index in [1.807, 2.05) is 0 Å². The molecule has 52 valence electrons. The van der Waals surface area contributed by atoms with Gasteiger partial charge in [-0.3, -0.25) is 0 Å². The van der Waals surface area contributed by atoms with E-state index in [9.17, 15) is 4.79 Å². The SMILES string of the molecule is O=C(O)c1ccccn1.[Ir+3]. The third kappa shape index (κ3) is 2.25. The van der Waals surface area contributed by atoms with Crippen LogP contribution in [0.4, 0.5) is 0 Å². The number of carbonyl (C=O) groups is 1. The summed E-state index contributed by atoms with van der Waals surface area (Å²) in [5, 5.41) is 8.32. The molecule has 1 heterocycles. The second-order valence-electron chi connectivity index (χ2n) is 1.52. The standard InChI is InChI=1S/C6H5NO2.Ir/c8-6(9)5-3-1-2-4-7-5;/h1-4H,(H,8,9);/q;+3. The molecule has 0 aliphatic heterocycles. The Morgan fingerprint density at radius 1 is 1.50 bits per heavy atom. The van der Waals surface area contributed by atoms with Crippen LogP contribution in [0, 0.1) is 0 Å². The van der Waals surface area contributed by atoms with E-state index in [4.69, 9.17) is 5.11 Å². The quantitative estimate of drug-likeness (QED) is 0.833. The van der Waals surface area contributed by atoms with Gasteiger partial charge in [0.25, 0.3) is 0 Å². The van der Waals surface area contributed by atoms with Crippen LogP contribution in [0.1, 0.15) is 10.5 Å². The molecule has 0 spiro atoms. The molecule has 0 saturated carbocycles. The van der Waals surface area contributed by atoms with Crippen molar-refractivity contribution in [3.05, 3.63) is 30.1 Å². The largest absolute Gasteiger partial charge is 3.00 e. The van der Waals surface area contributed by atoms with Crippen molar-refractivity contribution in [2.45, 2.75) is 0 Å². The number of rotatable bonds is 1. The van der Waals surface area contributed by atoms with Crippen LogP contribution in [-0.2, 0) is 20.1 Å². The fourth-order valence-electron chi connectivity index (χ4n) is 0.489. The Morgan fingerprint density at radius 2 is 2.20 bits per heavy atom. The van der Waals surface area contributed by atoms with Crippen molar-refractivity contribution in [3.63, 3.8) is 0 Å². The van der Waals surface area contributed by atoms with Crippen molar-refractivity contribution in [2.24, 2.45) is 0 Å². The summed E-state index contributed by atoms with van der Waals surface area (Å²) in [7, 11) is 0. The number of nitrogens with zero attached hydrogens (tertiary/aromatic N) is 1. The van der Waals surface area contributed by atoms with Crippen molar-refractivity contribution in [1.29, 1.82) is 0 Å². The van der Waals surface area contributed by atoms with Gasteiger partial charge in [-0.1, -0.05) is 6.07 Å². The summed E-state index contributed by atoms with van der Waals surface area (Å²) < 4.78 is 0. The topological polar surface area (TPSA) is 50.2 Å². The average Bonchev–Trinajstić information content (AvgIpc) is 1.90. The predicted molar refractivity (Wildman–Crippen MR) is 31.2 cm³/mol. The molecule has 3 nitrogen and oxygen atoms in total. The van der Waals surface area contributed by atoms with E-state index in [1.54, 1.807) is 12.1 Å². The summed E-state index contributed by atoms with van der Waals surface area (Å²) in [6, 6.07) is 4.76. The van der Waals surface area contributed by atoms with Gasteiger partial charge in [-0.05, 0) is 12.1 Å². The summed E-state index contributed by atoms with van der Waals surface area (Å²) >= 11 is 0. The second-order valence-corrected chi connectivity index (χ2v) is 1.52. The molecule has 10 heavy (non-hydrogen) atoms. The van der Waals surface area contributed by atoms with Gasteiger partial charge in [0.1, 0.15) is 5.69 Å². The predicted octanol–water partition coefficient (Wildman–Crippen LogP) is 0.777. The summed E-state index contributed by atoms with van der Waals surface area (Å²) in [6.45, 7) is 0. The first kappa shape index (κ1) is 9.27. The molecule has 0 aliphatic rings. The van der Waals surface area contributed by atoms with Gasteiger partial charge in [0.2, 0.25) is 0 Å². The first-order valence-electron chi connectivity index (χ1n) is 2.45. The number of aromatic carboxylic acids is 1. The number of pyridine rings is 1. The maximum atomic E-state index is 10.1. The zero-order chi connectivity index (χ0) is 6.69. The number of aromatic nitrogens is 1. The Hall–Kier alpha value is -0.731. The zero-order valence-corrected chi connectivity index (χ0v) is 7.34. The summed E-state index contributed by atoms with van der Waals surface area (Å²) in [5.41, 5.74) is 0.0810. The fourth-order valence-corrected chi connectivity index (χ4v) is 0.489. The average molecular weight is 315 g/mol. The Morgan fingerprint density at radius 3 is 2.50 bits per heavy atom. The minimum absolute atomic E-state index is 0. The minimum atomic E-state index is -0.990. The van der Waals surface area contributed by atoms with Crippen LogP contribution in [0.15, 0.2) is 24.4 Å². The van der Waals surface area contributed by atoms with Crippen LogP contribution in [0.2, 0.25) is 0 Å². The Balaban J connectivity index is 0.000000810. The van der Waals surface area contributed by atoms with Gasteiger partial charge in [0.15, 0.2) is 0 Å². The van der Waals surface area contributed by atoms with Gasteiger partial charge >= 0.3 is 26.1 Å². The fraction of sp³-hybridized carbons (Fsp3) is 0. The van der Waals surface area contributed by atoms with Crippen LogP contribution in [0.3, 0.4) is 0 Å². The molecular formula is C6H5IrNO2+3. The number of carboxylic acids is 1. The van der Waals surface area contributed by atoms with Crippen LogP contribution >= 0.6 is 0 Å². The number of hydrogen-bond acceptors (Lipinski definition) is 2. The molecule has 0 unspecified atom stereocenters. The van der Waals surface area contributed by atoms with E-state index in [0.29, 0.717) is 0 Å². The normalized spacial score (nSPS) is 8.00. The molecule has 0 radical (unpaired) electrons. The summed E-state index contributed by atoms with van der Waals surface area (Å²) in [5.74, 6) is -0.990. The molecule has 0 fully saturated rings. The molecule has 0 aromatic carbocycles. The Labute approximate surface area is 71.5 Å². The Bertz CT molecular complexity index is 212. The van der Waals surface area contributed by atoms with E-state index in [2.05, 4.69) is 4.98 Å². The van der Waals surface area contributed by atoms with Gasteiger partial charge < -0.3 is 5.11 Å². The van der Waals surface area contributed by atoms with Gasteiger partial charge in [-0.15, -0.1) is 0 Å². The van der Waals surface area contributed by atoms with Crippen LogP contribution in [0.5, 0.6) is 0 Å². The van der Waals surface area contributed by atoms with Gasteiger partial charge in [-0.25, -0.2) is 9.78 Å². The van der Waals surface area contributed by atoms with Crippen LogP contribution in [-0.4, -0.2) is 16.1 Å². The third-order valence-electron chi connectivity index (χ3n) is 0.884. The van der Waals surface area contributed by atoms with Gasteiger partial charge in [0, 0.05) is 6.20 Å². The van der Waals surface area contributed by atoms with Gasteiger partial charge in [-0.2, -0.15) is 0 Å². The van der Waals surface area contributed by atoms with Crippen molar-refractivity contribution < 1.29 is 30.0 Å². The van der Waals surface area contributed by atoms with E-state index < -0.39 is 5.97 Å². The number of hydrogen-bond donors (Lipinski definition) is 1. The van der Waals surface area contributed by atoms with E-state index in [-0.39, 0.29) is 25.8 Å². The van der Waals surface area contributed by atoms with Crippen molar-refractivity contribution in [1.82, 2.24) is 4.98 Å². The maximum absolute atomic E-state index is 10.1. The monoisotopic (exact) mass is 316 g/mol. The molecule has 1 aromatic rings. The second kappa shape index (κ2) is 4.14. The molecule has 0 saturated heterocycles. The third-order valence-corrected chi connectivity index (χ3v) is 0.884.